The number of hydrogen-bond acceptors (Lipinski definition) is 3. The molecule has 6 heteroatoms. The average Bonchev–Trinajstić information content (AvgIpc) is 2.58. The number of ether oxygens (including phenoxy) is 1. The van der Waals surface area contributed by atoms with Gasteiger partial charge in [0, 0.05) is 10.7 Å². The number of halogens is 1. The zero-order valence-corrected chi connectivity index (χ0v) is 14.8. The predicted octanol–water partition coefficient (Wildman–Crippen LogP) is 3.83. The minimum absolute atomic E-state index is 0.0925. The summed E-state index contributed by atoms with van der Waals surface area (Å²) in [6.07, 6.45) is 0. The van der Waals surface area contributed by atoms with Gasteiger partial charge in [-0.05, 0) is 41.8 Å². The van der Waals surface area contributed by atoms with Gasteiger partial charge < -0.3 is 10.1 Å². The molecule has 0 aliphatic carbocycles. The number of rotatable bonds is 4. The molecule has 130 valence electrons. The molecule has 25 heavy (non-hydrogen) atoms. The highest BCUT2D eigenvalue weighted by atomic mass is 35.5. The summed E-state index contributed by atoms with van der Waals surface area (Å²) in [5, 5.41) is 3.32. The van der Waals surface area contributed by atoms with Gasteiger partial charge in [-0.3, -0.25) is 14.5 Å². The van der Waals surface area contributed by atoms with Crippen molar-refractivity contribution in [2.45, 2.75) is 19.8 Å². The lowest BCUT2D eigenvalue weighted by Gasteiger charge is -2.29. The third-order valence-electron chi connectivity index (χ3n) is 4.00. The fraction of sp³-hybridized carbons (Fsp3) is 0.263. The van der Waals surface area contributed by atoms with Crippen LogP contribution in [0.15, 0.2) is 42.5 Å². The Labute approximate surface area is 151 Å². The Morgan fingerprint density at radius 2 is 2.08 bits per heavy atom. The van der Waals surface area contributed by atoms with Gasteiger partial charge in [-0.2, -0.15) is 0 Å². The SMILES string of the molecule is CC(C)c1cccc(NC(=O)CN2C(=O)COc3ccc(Cl)cc32)c1. The number of nitrogens with one attached hydrogen (secondary N) is 1. The molecular weight excluding hydrogens is 340 g/mol. The Morgan fingerprint density at radius 3 is 2.84 bits per heavy atom. The third kappa shape index (κ3) is 3.94. The Balaban J connectivity index is 1.76. The number of amides is 2. The summed E-state index contributed by atoms with van der Waals surface area (Å²) in [6, 6.07) is 12.7. The summed E-state index contributed by atoms with van der Waals surface area (Å²) in [6.45, 7) is 3.99. The largest absolute Gasteiger partial charge is 0.482 e. The molecule has 1 aliphatic rings. The molecule has 0 spiro atoms. The molecule has 2 amide bonds. The van der Waals surface area contributed by atoms with Crippen LogP contribution in [0.25, 0.3) is 0 Å². The van der Waals surface area contributed by atoms with E-state index < -0.39 is 0 Å². The second-order valence-corrected chi connectivity index (χ2v) is 6.65. The fourth-order valence-electron chi connectivity index (χ4n) is 2.67. The number of benzene rings is 2. The first-order chi connectivity index (χ1) is 11.9. The highest BCUT2D eigenvalue weighted by molar-refractivity contribution is 6.31. The Morgan fingerprint density at radius 1 is 1.28 bits per heavy atom. The van der Waals surface area contributed by atoms with E-state index in [1.165, 1.54) is 4.90 Å². The van der Waals surface area contributed by atoms with Crippen molar-refractivity contribution in [3.63, 3.8) is 0 Å². The standard InChI is InChI=1S/C19H19ClN2O3/c1-12(2)13-4-3-5-15(8-13)21-18(23)10-22-16-9-14(20)6-7-17(16)25-11-19(22)24/h3-9,12H,10-11H2,1-2H3,(H,21,23). The minimum atomic E-state index is -0.277. The first kappa shape index (κ1) is 17.3. The zero-order valence-electron chi connectivity index (χ0n) is 14.1. The number of carbonyl (C=O) groups excluding carboxylic acids is 2. The molecule has 0 bridgehead atoms. The minimum Gasteiger partial charge on any atom is -0.482 e. The Bertz CT molecular complexity index is 820. The van der Waals surface area contributed by atoms with Gasteiger partial charge in [0.05, 0.1) is 5.69 Å². The van der Waals surface area contributed by atoms with Crippen molar-refractivity contribution in [1.29, 1.82) is 0 Å². The van der Waals surface area contributed by atoms with Crippen LogP contribution in [0, 0.1) is 0 Å². The van der Waals surface area contributed by atoms with Crippen molar-refractivity contribution >= 4 is 34.8 Å². The van der Waals surface area contributed by atoms with Gasteiger partial charge in [0.1, 0.15) is 12.3 Å². The lowest BCUT2D eigenvalue weighted by Crippen LogP contribution is -2.43. The number of carbonyl (C=O) groups is 2. The summed E-state index contributed by atoms with van der Waals surface area (Å²) in [4.78, 5) is 26.0. The lowest BCUT2D eigenvalue weighted by atomic mass is 10.0. The van der Waals surface area contributed by atoms with Gasteiger partial charge in [0.25, 0.3) is 5.91 Å². The van der Waals surface area contributed by atoms with Crippen molar-refractivity contribution in [3.8, 4) is 5.75 Å². The van der Waals surface area contributed by atoms with Gasteiger partial charge >= 0.3 is 0 Å². The molecule has 2 aromatic rings. The first-order valence-corrected chi connectivity index (χ1v) is 8.44. The molecule has 1 N–H and O–H groups in total. The van der Waals surface area contributed by atoms with Crippen LogP contribution in [0.1, 0.15) is 25.3 Å². The molecule has 0 saturated heterocycles. The summed E-state index contributed by atoms with van der Waals surface area (Å²) >= 11 is 6.01. The first-order valence-electron chi connectivity index (χ1n) is 8.06. The quantitative estimate of drug-likeness (QED) is 0.903. The highest BCUT2D eigenvalue weighted by Gasteiger charge is 2.27. The average molecular weight is 359 g/mol. The maximum absolute atomic E-state index is 12.4. The number of fused-ring (bicyclic) bond motifs is 1. The molecule has 0 atom stereocenters. The third-order valence-corrected chi connectivity index (χ3v) is 4.24. The van der Waals surface area contributed by atoms with Gasteiger partial charge in [0.2, 0.25) is 5.91 Å². The molecule has 0 radical (unpaired) electrons. The molecule has 0 fully saturated rings. The smallest absolute Gasteiger partial charge is 0.265 e. The van der Waals surface area contributed by atoms with Crippen molar-refractivity contribution in [1.82, 2.24) is 0 Å². The van der Waals surface area contributed by atoms with E-state index in [9.17, 15) is 9.59 Å². The Hall–Kier alpha value is -2.53. The van der Waals surface area contributed by atoms with Gasteiger partial charge in [0.15, 0.2) is 6.61 Å². The molecular formula is C19H19ClN2O3. The molecule has 0 unspecified atom stereocenters. The second-order valence-electron chi connectivity index (χ2n) is 6.21. The van der Waals surface area contributed by atoms with Crippen LogP contribution in [-0.4, -0.2) is 25.0 Å². The van der Waals surface area contributed by atoms with E-state index in [1.54, 1.807) is 18.2 Å². The monoisotopic (exact) mass is 358 g/mol. The fourth-order valence-corrected chi connectivity index (χ4v) is 2.83. The van der Waals surface area contributed by atoms with Crippen molar-refractivity contribution < 1.29 is 14.3 Å². The summed E-state index contributed by atoms with van der Waals surface area (Å²) in [7, 11) is 0. The molecule has 5 nitrogen and oxygen atoms in total. The van der Waals surface area contributed by atoms with Crippen LogP contribution in [0.3, 0.4) is 0 Å². The normalized spacial score (nSPS) is 13.4. The van der Waals surface area contributed by atoms with Crippen LogP contribution in [0.2, 0.25) is 5.02 Å². The van der Waals surface area contributed by atoms with E-state index in [4.69, 9.17) is 16.3 Å². The number of nitrogens with zero attached hydrogens (tertiary/aromatic N) is 1. The van der Waals surface area contributed by atoms with E-state index in [0.717, 1.165) is 5.56 Å². The molecule has 1 aliphatic heterocycles. The summed E-state index contributed by atoms with van der Waals surface area (Å²) in [5.74, 6) is 0.355. The van der Waals surface area contributed by atoms with Crippen LogP contribution >= 0.6 is 11.6 Å². The van der Waals surface area contributed by atoms with Crippen LogP contribution in [0.4, 0.5) is 11.4 Å². The van der Waals surface area contributed by atoms with E-state index in [0.29, 0.717) is 28.1 Å². The Kier molecular flexibility index (Phi) is 4.95. The zero-order chi connectivity index (χ0) is 18.0. The lowest BCUT2D eigenvalue weighted by molar-refractivity contribution is -0.123. The molecule has 0 saturated carbocycles. The van der Waals surface area contributed by atoms with Crippen molar-refractivity contribution in [2.75, 3.05) is 23.4 Å². The molecule has 3 rings (SSSR count). The number of hydrogen-bond donors (Lipinski definition) is 1. The van der Waals surface area contributed by atoms with E-state index in [2.05, 4.69) is 19.2 Å². The van der Waals surface area contributed by atoms with E-state index in [-0.39, 0.29) is 25.0 Å². The molecule has 2 aromatic carbocycles. The topological polar surface area (TPSA) is 58.6 Å². The van der Waals surface area contributed by atoms with E-state index >= 15 is 0 Å². The second kappa shape index (κ2) is 7.15. The summed E-state index contributed by atoms with van der Waals surface area (Å²) in [5.41, 5.74) is 2.36. The van der Waals surface area contributed by atoms with Gasteiger partial charge in [-0.15, -0.1) is 0 Å². The van der Waals surface area contributed by atoms with Crippen molar-refractivity contribution in [2.24, 2.45) is 0 Å². The van der Waals surface area contributed by atoms with Crippen molar-refractivity contribution in [3.05, 3.63) is 53.1 Å². The van der Waals surface area contributed by atoms with Crippen LogP contribution in [-0.2, 0) is 9.59 Å². The van der Waals surface area contributed by atoms with E-state index in [1.807, 2.05) is 24.3 Å². The van der Waals surface area contributed by atoms with Gasteiger partial charge in [-0.1, -0.05) is 37.6 Å². The van der Waals surface area contributed by atoms with Crippen LogP contribution < -0.4 is 15.0 Å². The number of anilines is 2. The maximum Gasteiger partial charge on any atom is 0.265 e. The predicted molar refractivity (Wildman–Crippen MR) is 98.5 cm³/mol. The van der Waals surface area contributed by atoms with Crippen LogP contribution in [0.5, 0.6) is 5.75 Å². The molecule has 1 heterocycles. The van der Waals surface area contributed by atoms with Gasteiger partial charge in [-0.25, -0.2) is 0 Å². The molecule has 0 aromatic heterocycles. The maximum atomic E-state index is 12.4. The highest BCUT2D eigenvalue weighted by Crippen LogP contribution is 2.34. The summed E-state index contributed by atoms with van der Waals surface area (Å²) < 4.78 is 5.38.